The van der Waals surface area contributed by atoms with Crippen molar-refractivity contribution in [2.75, 3.05) is 11.9 Å². The summed E-state index contributed by atoms with van der Waals surface area (Å²) in [5.74, 6) is -2.33. The molecule has 0 unspecified atom stereocenters. The lowest BCUT2D eigenvalue weighted by atomic mass is 10.2. The highest BCUT2D eigenvalue weighted by molar-refractivity contribution is 8.18. The van der Waals surface area contributed by atoms with Gasteiger partial charge in [0.1, 0.15) is 12.4 Å². The van der Waals surface area contributed by atoms with Gasteiger partial charge in [-0.2, -0.15) is 0 Å². The van der Waals surface area contributed by atoms with Gasteiger partial charge in [0.05, 0.1) is 20.6 Å². The van der Waals surface area contributed by atoms with Crippen molar-refractivity contribution in [3.63, 3.8) is 0 Å². The normalized spacial score (nSPS) is 15.4. The molecule has 1 aliphatic heterocycles. The van der Waals surface area contributed by atoms with Gasteiger partial charge >= 0.3 is 0 Å². The molecule has 1 saturated heterocycles. The number of anilines is 1. The van der Waals surface area contributed by atoms with Gasteiger partial charge in [0.25, 0.3) is 11.1 Å². The second-order valence-corrected chi connectivity index (χ2v) is 7.44. The Balaban J connectivity index is 1.75. The molecule has 0 aromatic heterocycles. The van der Waals surface area contributed by atoms with E-state index in [4.69, 9.17) is 23.2 Å². The number of rotatable bonds is 4. The molecule has 1 aliphatic rings. The van der Waals surface area contributed by atoms with Gasteiger partial charge in [-0.3, -0.25) is 19.3 Å². The minimum absolute atomic E-state index is 0.0118. The first-order chi connectivity index (χ1) is 13.3. The van der Waals surface area contributed by atoms with Gasteiger partial charge < -0.3 is 10.4 Å². The number of para-hydroxylation sites is 1. The number of thioether (sulfide) groups is 1. The molecule has 0 radical (unpaired) electrons. The SMILES string of the molecule is O=C(CN1C(=O)S/C(=C\c2cc(Cl)c(O)c(Cl)c2)C1=O)Nc1ccccc1F. The molecule has 0 atom stereocenters. The van der Waals surface area contributed by atoms with E-state index in [2.05, 4.69) is 5.32 Å². The molecule has 0 saturated carbocycles. The van der Waals surface area contributed by atoms with Crippen LogP contribution >= 0.6 is 35.0 Å². The lowest BCUT2D eigenvalue weighted by Gasteiger charge is -2.12. The van der Waals surface area contributed by atoms with Crippen molar-refractivity contribution in [1.29, 1.82) is 0 Å². The summed E-state index contributed by atoms with van der Waals surface area (Å²) in [7, 11) is 0. The molecule has 1 heterocycles. The average molecular weight is 441 g/mol. The topological polar surface area (TPSA) is 86.7 Å². The number of phenols is 1. The third-order valence-corrected chi connectivity index (χ3v) is 5.14. The van der Waals surface area contributed by atoms with Crippen molar-refractivity contribution >= 4 is 63.8 Å². The number of amides is 3. The van der Waals surface area contributed by atoms with Crippen LogP contribution in [-0.2, 0) is 9.59 Å². The Kier molecular flexibility index (Phi) is 5.93. The van der Waals surface area contributed by atoms with E-state index < -0.39 is 29.4 Å². The van der Waals surface area contributed by atoms with E-state index in [0.717, 1.165) is 4.90 Å². The summed E-state index contributed by atoms with van der Waals surface area (Å²) in [6.45, 7) is -0.562. The first-order valence-electron chi connectivity index (χ1n) is 7.74. The Hall–Kier alpha value is -2.55. The number of halogens is 3. The fourth-order valence-electron chi connectivity index (χ4n) is 2.35. The van der Waals surface area contributed by atoms with Crippen molar-refractivity contribution in [1.82, 2.24) is 4.90 Å². The molecule has 0 aliphatic carbocycles. The van der Waals surface area contributed by atoms with Crippen molar-refractivity contribution in [2.24, 2.45) is 0 Å². The summed E-state index contributed by atoms with van der Waals surface area (Å²) in [6.07, 6.45) is 1.37. The summed E-state index contributed by atoms with van der Waals surface area (Å²) in [4.78, 5) is 37.5. The fourth-order valence-corrected chi connectivity index (χ4v) is 3.69. The summed E-state index contributed by atoms with van der Waals surface area (Å²) >= 11 is 12.3. The van der Waals surface area contributed by atoms with Crippen LogP contribution in [0.25, 0.3) is 6.08 Å². The lowest BCUT2D eigenvalue weighted by molar-refractivity contribution is -0.127. The zero-order valence-electron chi connectivity index (χ0n) is 13.9. The van der Waals surface area contributed by atoms with E-state index >= 15 is 0 Å². The number of carbonyl (C=O) groups is 3. The minimum atomic E-state index is -0.718. The van der Waals surface area contributed by atoms with Gasteiger partial charge in [-0.25, -0.2) is 4.39 Å². The highest BCUT2D eigenvalue weighted by Crippen LogP contribution is 2.36. The zero-order chi connectivity index (χ0) is 20.4. The molecule has 0 spiro atoms. The van der Waals surface area contributed by atoms with Crippen molar-refractivity contribution in [3.8, 4) is 5.75 Å². The van der Waals surface area contributed by atoms with E-state index in [9.17, 15) is 23.9 Å². The first-order valence-corrected chi connectivity index (χ1v) is 9.31. The molecule has 2 aromatic rings. The molecule has 28 heavy (non-hydrogen) atoms. The molecule has 2 aromatic carbocycles. The lowest BCUT2D eigenvalue weighted by Crippen LogP contribution is -2.36. The average Bonchev–Trinajstić information content (AvgIpc) is 2.89. The second-order valence-electron chi connectivity index (χ2n) is 5.63. The number of nitrogens with one attached hydrogen (secondary N) is 1. The van der Waals surface area contributed by atoms with E-state index in [1.54, 1.807) is 0 Å². The van der Waals surface area contributed by atoms with Crippen molar-refractivity contribution < 1.29 is 23.9 Å². The first kappa shape index (κ1) is 20.2. The van der Waals surface area contributed by atoms with Gasteiger partial charge in [0.15, 0.2) is 5.75 Å². The Morgan fingerprint density at radius 3 is 2.50 bits per heavy atom. The van der Waals surface area contributed by atoms with E-state index in [1.165, 1.54) is 42.5 Å². The van der Waals surface area contributed by atoms with E-state index in [-0.39, 0.29) is 26.4 Å². The quantitative estimate of drug-likeness (QED) is 0.682. The maximum absolute atomic E-state index is 13.6. The molecule has 1 fully saturated rings. The van der Waals surface area contributed by atoms with E-state index in [1.807, 2.05) is 0 Å². The molecular formula is C18H11Cl2FN2O4S. The van der Waals surface area contributed by atoms with Gasteiger partial charge in [0.2, 0.25) is 5.91 Å². The molecule has 0 bridgehead atoms. The molecule has 10 heteroatoms. The molecule has 6 nitrogen and oxygen atoms in total. The number of carbonyl (C=O) groups excluding carboxylic acids is 3. The predicted molar refractivity (Wildman–Crippen MR) is 106 cm³/mol. The van der Waals surface area contributed by atoms with Gasteiger partial charge in [0, 0.05) is 0 Å². The highest BCUT2D eigenvalue weighted by Gasteiger charge is 2.36. The van der Waals surface area contributed by atoms with Crippen molar-refractivity contribution in [3.05, 3.63) is 62.7 Å². The monoisotopic (exact) mass is 440 g/mol. The van der Waals surface area contributed by atoms with Gasteiger partial charge in [-0.15, -0.1) is 0 Å². The number of hydrogen-bond acceptors (Lipinski definition) is 5. The molecule has 3 amide bonds. The van der Waals surface area contributed by atoms with Crippen LogP contribution in [0.5, 0.6) is 5.75 Å². The summed E-state index contributed by atoms with van der Waals surface area (Å²) in [5, 5.41) is 11.2. The van der Waals surface area contributed by atoms with Crippen LogP contribution in [-0.4, -0.2) is 33.6 Å². The third-order valence-electron chi connectivity index (χ3n) is 3.66. The number of aromatic hydroxyl groups is 1. The summed E-state index contributed by atoms with van der Waals surface area (Å²) < 4.78 is 13.6. The Morgan fingerprint density at radius 2 is 1.86 bits per heavy atom. The Morgan fingerprint density at radius 1 is 1.21 bits per heavy atom. The maximum atomic E-state index is 13.6. The van der Waals surface area contributed by atoms with Crippen LogP contribution in [0.2, 0.25) is 10.0 Å². The number of nitrogens with zero attached hydrogens (tertiary/aromatic N) is 1. The van der Waals surface area contributed by atoms with Crippen LogP contribution in [0.1, 0.15) is 5.56 Å². The van der Waals surface area contributed by atoms with Crippen molar-refractivity contribution in [2.45, 2.75) is 0 Å². The van der Waals surface area contributed by atoms with Crippen LogP contribution < -0.4 is 5.32 Å². The fraction of sp³-hybridized carbons (Fsp3) is 0.0556. The van der Waals surface area contributed by atoms with E-state index in [0.29, 0.717) is 17.3 Å². The third kappa shape index (κ3) is 4.30. The number of phenolic OH excluding ortho intramolecular Hbond substituents is 1. The Labute approximate surface area is 172 Å². The standard InChI is InChI=1S/C18H11Cl2FN2O4S/c19-10-5-9(6-11(20)16(10)25)7-14-17(26)23(18(27)28-14)8-15(24)22-13-4-2-1-3-12(13)21/h1-7,25H,8H2,(H,22,24)/b14-7-. The maximum Gasteiger partial charge on any atom is 0.294 e. The number of imide groups is 1. The minimum Gasteiger partial charge on any atom is -0.505 e. The van der Waals surface area contributed by atoms with Crippen LogP contribution in [0, 0.1) is 5.82 Å². The second kappa shape index (κ2) is 8.22. The smallest absolute Gasteiger partial charge is 0.294 e. The van der Waals surface area contributed by atoms with Crippen LogP contribution in [0.15, 0.2) is 41.3 Å². The molecular weight excluding hydrogens is 430 g/mol. The summed E-state index contributed by atoms with van der Waals surface area (Å²) in [5.41, 5.74) is 0.345. The Bertz CT molecular complexity index is 1010. The van der Waals surface area contributed by atoms with Crippen LogP contribution in [0.4, 0.5) is 14.9 Å². The molecule has 144 valence electrons. The highest BCUT2D eigenvalue weighted by atomic mass is 35.5. The number of hydrogen-bond donors (Lipinski definition) is 2. The van der Waals surface area contributed by atoms with Crippen LogP contribution in [0.3, 0.4) is 0 Å². The summed E-state index contributed by atoms with van der Waals surface area (Å²) in [6, 6.07) is 8.29. The molecule has 3 rings (SSSR count). The number of benzene rings is 2. The predicted octanol–water partition coefficient (Wildman–Crippen LogP) is 4.51. The van der Waals surface area contributed by atoms with Gasteiger partial charge in [-0.05, 0) is 47.7 Å². The zero-order valence-corrected chi connectivity index (χ0v) is 16.2. The molecule has 2 N–H and O–H groups in total. The largest absolute Gasteiger partial charge is 0.505 e. The van der Waals surface area contributed by atoms with Gasteiger partial charge in [-0.1, -0.05) is 35.3 Å².